The van der Waals surface area contributed by atoms with Crippen molar-refractivity contribution in [3.8, 4) is 0 Å². The monoisotopic (exact) mass is 166 g/mol. The number of carboxylic acids is 1. The number of rotatable bonds is 4. The molecule has 0 heterocycles. The summed E-state index contributed by atoms with van der Waals surface area (Å²) in [6.07, 6.45) is 5.67. The van der Waals surface area contributed by atoms with Crippen LogP contribution < -0.4 is 0 Å². The topological polar surface area (TPSA) is 37.3 Å². The van der Waals surface area contributed by atoms with Crippen molar-refractivity contribution in [1.29, 1.82) is 0 Å². The molecule has 0 spiro atoms. The SMILES string of the molecule is [B]CCC[C@H]1CCCC1C(=O)O. The second-order valence-electron chi connectivity index (χ2n) is 3.57. The van der Waals surface area contributed by atoms with E-state index in [0.717, 1.165) is 32.1 Å². The molecule has 1 aliphatic rings. The van der Waals surface area contributed by atoms with Gasteiger partial charge in [-0.05, 0) is 18.8 Å². The van der Waals surface area contributed by atoms with Gasteiger partial charge in [-0.25, -0.2) is 0 Å². The van der Waals surface area contributed by atoms with Crippen molar-refractivity contribution >= 4 is 13.8 Å². The number of carbonyl (C=O) groups is 1. The van der Waals surface area contributed by atoms with Gasteiger partial charge >= 0.3 is 5.97 Å². The van der Waals surface area contributed by atoms with E-state index in [9.17, 15) is 4.79 Å². The first-order chi connectivity index (χ1) is 5.75. The molecule has 2 radical (unpaired) electrons. The second kappa shape index (κ2) is 4.53. The van der Waals surface area contributed by atoms with Crippen LogP contribution in [0.5, 0.6) is 0 Å². The molecule has 2 atom stereocenters. The molecular formula is C9H15BO2. The van der Waals surface area contributed by atoms with E-state index in [1.54, 1.807) is 0 Å². The molecule has 3 heteroatoms. The fourth-order valence-electron chi connectivity index (χ4n) is 2.09. The van der Waals surface area contributed by atoms with Crippen molar-refractivity contribution in [3.63, 3.8) is 0 Å². The van der Waals surface area contributed by atoms with E-state index in [-0.39, 0.29) is 5.92 Å². The first-order valence-electron chi connectivity index (χ1n) is 4.68. The Morgan fingerprint density at radius 2 is 2.25 bits per heavy atom. The van der Waals surface area contributed by atoms with E-state index in [2.05, 4.69) is 0 Å². The zero-order valence-electron chi connectivity index (χ0n) is 7.33. The maximum Gasteiger partial charge on any atom is 0.306 e. The standard InChI is InChI=1S/C9H15BO2/c10-6-2-4-7-3-1-5-8(7)9(11)12/h7-8H,1-6H2,(H,11,12)/t7-,8?/m1/s1. The minimum Gasteiger partial charge on any atom is -0.481 e. The Bertz CT molecular complexity index is 159. The summed E-state index contributed by atoms with van der Waals surface area (Å²) in [4.78, 5) is 10.7. The smallest absolute Gasteiger partial charge is 0.306 e. The summed E-state index contributed by atoms with van der Waals surface area (Å²) in [6, 6.07) is 0. The van der Waals surface area contributed by atoms with E-state index in [1.807, 2.05) is 0 Å². The summed E-state index contributed by atoms with van der Waals surface area (Å²) in [5, 5.41) is 8.85. The summed E-state index contributed by atoms with van der Waals surface area (Å²) >= 11 is 0. The average molecular weight is 166 g/mol. The first-order valence-corrected chi connectivity index (χ1v) is 4.68. The lowest BCUT2D eigenvalue weighted by atomic mass is 9.88. The summed E-state index contributed by atoms with van der Waals surface area (Å²) in [7, 11) is 5.38. The number of aliphatic carboxylic acids is 1. The van der Waals surface area contributed by atoms with E-state index in [0.29, 0.717) is 12.2 Å². The summed E-state index contributed by atoms with van der Waals surface area (Å²) in [5.41, 5.74) is 0. The molecule has 0 bridgehead atoms. The van der Waals surface area contributed by atoms with Crippen molar-refractivity contribution in [2.24, 2.45) is 11.8 Å². The molecule has 1 N–H and O–H groups in total. The molecule has 0 aromatic rings. The van der Waals surface area contributed by atoms with Crippen LogP contribution in [-0.2, 0) is 4.79 Å². The summed E-state index contributed by atoms with van der Waals surface area (Å²) in [6.45, 7) is 0. The molecule has 1 fully saturated rings. The van der Waals surface area contributed by atoms with Crippen LogP contribution in [0.2, 0.25) is 6.32 Å². The quantitative estimate of drug-likeness (QED) is 0.647. The van der Waals surface area contributed by atoms with E-state index < -0.39 is 5.97 Å². The van der Waals surface area contributed by atoms with Crippen molar-refractivity contribution in [2.45, 2.75) is 38.4 Å². The molecule has 2 nitrogen and oxygen atoms in total. The molecule has 1 unspecified atom stereocenters. The van der Waals surface area contributed by atoms with Crippen LogP contribution >= 0.6 is 0 Å². The Labute approximate surface area is 74.8 Å². The van der Waals surface area contributed by atoms with Gasteiger partial charge in [0.25, 0.3) is 0 Å². The molecule has 0 aromatic heterocycles. The minimum atomic E-state index is -0.616. The second-order valence-corrected chi connectivity index (χ2v) is 3.57. The summed E-state index contributed by atoms with van der Waals surface area (Å²) in [5.74, 6) is -0.308. The molecule has 0 amide bonds. The van der Waals surface area contributed by atoms with Gasteiger partial charge in [-0.1, -0.05) is 25.6 Å². The lowest BCUT2D eigenvalue weighted by Crippen LogP contribution is -2.18. The van der Waals surface area contributed by atoms with Crippen LogP contribution in [0, 0.1) is 11.8 Å². The summed E-state index contributed by atoms with van der Waals surface area (Å²) < 4.78 is 0. The third-order valence-corrected chi connectivity index (χ3v) is 2.76. The molecule has 66 valence electrons. The van der Waals surface area contributed by atoms with Crippen molar-refractivity contribution < 1.29 is 9.90 Å². The Morgan fingerprint density at radius 1 is 1.50 bits per heavy atom. The van der Waals surface area contributed by atoms with Gasteiger partial charge in [0.15, 0.2) is 0 Å². The predicted octanol–water partition coefficient (Wildman–Crippen LogP) is 1.85. The molecular weight excluding hydrogens is 151 g/mol. The maximum absolute atomic E-state index is 10.7. The third-order valence-electron chi connectivity index (χ3n) is 2.76. The average Bonchev–Trinajstić information content (AvgIpc) is 2.48. The zero-order chi connectivity index (χ0) is 8.97. The highest BCUT2D eigenvalue weighted by Crippen LogP contribution is 2.35. The lowest BCUT2D eigenvalue weighted by molar-refractivity contribution is -0.143. The Balaban J connectivity index is 2.35. The highest BCUT2D eigenvalue weighted by molar-refractivity contribution is 6.08. The van der Waals surface area contributed by atoms with E-state index in [4.69, 9.17) is 13.0 Å². The van der Waals surface area contributed by atoms with Gasteiger partial charge < -0.3 is 5.11 Å². The lowest BCUT2D eigenvalue weighted by Gasteiger charge is -2.14. The number of hydrogen-bond donors (Lipinski definition) is 1. The van der Waals surface area contributed by atoms with Crippen molar-refractivity contribution in [1.82, 2.24) is 0 Å². The molecule has 0 aliphatic heterocycles. The Morgan fingerprint density at radius 3 is 2.83 bits per heavy atom. The normalized spacial score (nSPS) is 29.0. The minimum absolute atomic E-state index is 0.0865. The molecule has 1 rings (SSSR count). The van der Waals surface area contributed by atoms with Gasteiger partial charge in [-0.3, -0.25) is 4.79 Å². The molecule has 0 saturated heterocycles. The van der Waals surface area contributed by atoms with Crippen LogP contribution in [0.1, 0.15) is 32.1 Å². The highest BCUT2D eigenvalue weighted by atomic mass is 16.4. The van der Waals surface area contributed by atoms with E-state index >= 15 is 0 Å². The Hall–Kier alpha value is -0.465. The molecule has 1 saturated carbocycles. The fraction of sp³-hybridized carbons (Fsp3) is 0.889. The Kier molecular flexibility index (Phi) is 3.64. The highest BCUT2D eigenvalue weighted by Gasteiger charge is 2.31. The van der Waals surface area contributed by atoms with Crippen LogP contribution in [0.4, 0.5) is 0 Å². The van der Waals surface area contributed by atoms with Gasteiger partial charge in [0.1, 0.15) is 0 Å². The van der Waals surface area contributed by atoms with Gasteiger partial charge in [0, 0.05) is 0 Å². The first kappa shape index (κ1) is 9.62. The van der Waals surface area contributed by atoms with Crippen LogP contribution in [0.25, 0.3) is 0 Å². The van der Waals surface area contributed by atoms with Gasteiger partial charge in [-0.2, -0.15) is 0 Å². The number of hydrogen-bond acceptors (Lipinski definition) is 1. The third kappa shape index (κ3) is 2.26. The van der Waals surface area contributed by atoms with Crippen LogP contribution in [0.3, 0.4) is 0 Å². The largest absolute Gasteiger partial charge is 0.481 e. The fourth-order valence-corrected chi connectivity index (χ4v) is 2.09. The van der Waals surface area contributed by atoms with Gasteiger partial charge in [0.2, 0.25) is 0 Å². The van der Waals surface area contributed by atoms with Crippen molar-refractivity contribution in [3.05, 3.63) is 0 Å². The van der Waals surface area contributed by atoms with E-state index in [1.165, 1.54) is 0 Å². The predicted molar refractivity (Wildman–Crippen MR) is 48.3 cm³/mol. The molecule has 0 aromatic carbocycles. The number of carboxylic acid groups (broad SMARTS) is 1. The molecule has 12 heavy (non-hydrogen) atoms. The van der Waals surface area contributed by atoms with Crippen LogP contribution in [0.15, 0.2) is 0 Å². The molecule has 1 aliphatic carbocycles. The van der Waals surface area contributed by atoms with Crippen LogP contribution in [-0.4, -0.2) is 18.9 Å². The zero-order valence-corrected chi connectivity index (χ0v) is 7.33. The van der Waals surface area contributed by atoms with Gasteiger partial charge in [0.05, 0.1) is 13.8 Å². The van der Waals surface area contributed by atoms with Crippen molar-refractivity contribution in [2.75, 3.05) is 0 Å². The van der Waals surface area contributed by atoms with Gasteiger partial charge in [-0.15, -0.1) is 0 Å². The maximum atomic E-state index is 10.7.